The van der Waals surface area contributed by atoms with E-state index in [2.05, 4.69) is 5.32 Å². The van der Waals surface area contributed by atoms with Crippen LogP contribution in [0.3, 0.4) is 0 Å². The number of hydrogen-bond acceptors (Lipinski definition) is 4. The van der Waals surface area contributed by atoms with Crippen LogP contribution in [0.5, 0.6) is 5.75 Å². The van der Waals surface area contributed by atoms with Crippen LogP contribution in [0.1, 0.15) is 12.8 Å². The fraction of sp³-hybridized carbons (Fsp3) is 0.588. The zero-order valence-electron chi connectivity index (χ0n) is 14.2. The summed E-state index contributed by atoms with van der Waals surface area (Å²) >= 11 is 0. The number of benzene rings is 1. The van der Waals surface area contributed by atoms with E-state index < -0.39 is 11.2 Å². The molecule has 0 saturated carbocycles. The third-order valence-electron chi connectivity index (χ3n) is 4.30. The van der Waals surface area contributed by atoms with Crippen LogP contribution in [-0.4, -0.2) is 57.8 Å². The molecule has 1 saturated heterocycles. The van der Waals surface area contributed by atoms with Crippen molar-refractivity contribution in [1.29, 1.82) is 0 Å². The zero-order chi connectivity index (χ0) is 16.7. The number of carbonyl (C=O) groups is 1. The topological polar surface area (TPSA) is 50.8 Å². The second-order valence-corrected chi connectivity index (χ2v) is 5.97. The van der Waals surface area contributed by atoms with Crippen molar-refractivity contribution in [3.63, 3.8) is 0 Å². The van der Waals surface area contributed by atoms with Gasteiger partial charge in [-0.05, 0) is 38.1 Å². The standard InChI is InChI=1S/C17H25FN2O3.ClH/c1-20(11-12-23-15-6-4-3-5-14(15)18)16(21)17(13-22-2)7-9-19-10-8-17;/h3-6,19H,7-13H2,1-2H3;1H. The molecule has 1 N–H and O–H groups in total. The SMILES string of the molecule is COCC1(C(=O)N(C)CCOc2ccccc2F)CCNCC1.Cl. The molecule has 1 amide bonds. The lowest BCUT2D eigenvalue weighted by atomic mass is 9.78. The lowest BCUT2D eigenvalue weighted by molar-refractivity contribution is -0.146. The molecule has 136 valence electrons. The van der Waals surface area contributed by atoms with Crippen LogP contribution in [-0.2, 0) is 9.53 Å². The van der Waals surface area contributed by atoms with Gasteiger partial charge in [-0.15, -0.1) is 12.4 Å². The van der Waals surface area contributed by atoms with Crippen molar-refractivity contribution in [2.24, 2.45) is 5.41 Å². The van der Waals surface area contributed by atoms with E-state index in [1.165, 1.54) is 6.07 Å². The van der Waals surface area contributed by atoms with E-state index in [-0.39, 0.29) is 30.7 Å². The van der Waals surface area contributed by atoms with Gasteiger partial charge >= 0.3 is 0 Å². The Labute approximate surface area is 148 Å². The first-order valence-corrected chi connectivity index (χ1v) is 7.91. The minimum atomic E-state index is -0.466. The largest absolute Gasteiger partial charge is 0.489 e. The van der Waals surface area contributed by atoms with E-state index >= 15 is 0 Å². The predicted octanol–water partition coefficient (Wildman–Crippen LogP) is 2.10. The van der Waals surface area contributed by atoms with Crippen LogP contribution in [0.25, 0.3) is 0 Å². The van der Waals surface area contributed by atoms with Crippen LogP contribution in [0, 0.1) is 11.2 Å². The molecule has 1 aliphatic rings. The highest BCUT2D eigenvalue weighted by molar-refractivity contribution is 5.85. The Kier molecular flexibility index (Phi) is 8.45. The van der Waals surface area contributed by atoms with Gasteiger partial charge in [0, 0.05) is 14.2 Å². The summed E-state index contributed by atoms with van der Waals surface area (Å²) < 4.78 is 24.2. The Morgan fingerprint density at radius 2 is 2.00 bits per heavy atom. The van der Waals surface area contributed by atoms with E-state index in [9.17, 15) is 9.18 Å². The Hall–Kier alpha value is -1.37. The molecule has 0 aliphatic carbocycles. The van der Waals surface area contributed by atoms with Gasteiger partial charge in [0.2, 0.25) is 5.91 Å². The minimum absolute atomic E-state index is 0. The lowest BCUT2D eigenvalue weighted by Crippen LogP contribution is -2.51. The molecule has 7 heteroatoms. The molecular weight excluding hydrogens is 335 g/mol. The monoisotopic (exact) mass is 360 g/mol. The van der Waals surface area contributed by atoms with E-state index in [1.54, 1.807) is 37.3 Å². The molecule has 2 rings (SSSR count). The summed E-state index contributed by atoms with van der Waals surface area (Å²) in [4.78, 5) is 14.5. The number of amides is 1. The molecule has 1 aromatic carbocycles. The second kappa shape index (κ2) is 9.81. The quantitative estimate of drug-likeness (QED) is 0.809. The molecule has 24 heavy (non-hydrogen) atoms. The third kappa shape index (κ3) is 5.06. The lowest BCUT2D eigenvalue weighted by Gasteiger charge is -2.38. The summed E-state index contributed by atoms with van der Waals surface area (Å²) in [7, 11) is 3.38. The molecular formula is C17H26ClFN2O3. The van der Waals surface area contributed by atoms with E-state index in [1.807, 2.05) is 0 Å². The van der Waals surface area contributed by atoms with Gasteiger partial charge in [0.1, 0.15) is 6.61 Å². The van der Waals surface area contributed by atoms with Gasteiger partial charge in [0.05, 0.1) is 18.6 Å². The van der Waals surface area contributed by atoms with Crippen molar-refractivity contribution in [2.45, 2.75) is 12.8 Å². The average Bonchev–Trinajstić information content (AvgIpc) is 2.57. The van der Waals surface area contributed by atoms with Gasteiger partial charge in [-0.25, -0.2) is 4.39 Å². The van der Waals surface area contributed by atoms with Gasteiger partial charge in [-0.2, -0.15) is 0 Å². The van der Waals surface area contributed by atoms with E-state index in [0.717, 1.165) is 25.9 Å². The van der Waals surface area contributed by atoms with Crippen LogP contribution >= 0.6 is 12.4 Å². The van der Waals surface area contributed by atoms with Crippen LogP contribution < -0.4 is 10.1 Å². The van der Waals surface area contributed by atoms with Gasteiger partial charge in [-0.3, -0.25) is 4.79 Å². The highest BCUT2D eigenvalue weighted by Crippen LogP contribution is 2.31. The number of methoxy groups -OCH3 is 1. The summed E-state index contributed by atoms with van der Waals surface area (Å²) in [6, 6.07) is 6.27. The maximum absolute atomic E-state index is 13.5. The highest BCUT2D eigenvalue weighted by atomic mass is 35.5. The van der Waals surface area contributed by atoms with Crippen LogP contribution in [0.2, 0.25) is 0 Å². The first-order valence-electron chi connectivity index (χ1n) is 7.91. The van der Waals surface area contributed by atoms with Gasteiger partial charge in [0.15, 0.2) is 11.6 Å². The molecule has 1 aromatic rings. The molecule has 0 aromatic heterocycles. The van der Waals surface area contributed by atoms with E-state index in [4.69, 9.17) is 9.47 Å². The summed E-state index contributed by atoms with van der Waals surface area (Å²) in [5, 5.41) is 3.27. The zero-order valence-corrected chi connectivity index (χ0v) is 15.0. The van der Waals surface area contributed by atoms with Gasteiger partial charge in [-0.1, -0.05) is 12.1 Å². The number of rotatable bonds is 7. The number of likely N-dealkylation sites (N-methyl/N-ethyl adjacent to an activating group) is 1. The molecule has 0 atom stereocenters. The molecule has 1 heterocycles. The third-order valence-corrected chi connectivity index (χ3v) is 4.30. The summed E-state index contributed by atoms with van der Waals surface area (Å²) in [5.74, 6) is -0.115. The molecule has 1 fully saturated rings. The predicted molar refractivity (Wildman–Crippen MR) is 93.2 cm³/mol. The first kappa shape index (κ1) is 20.7. The second-order valence-electron chi connectivity index (χ2n) is 5.97. The number of nitrogens with one attached hydrogen (secondary N) is 1. The van der Waals surface area contributed by atoms with E-state index in [0.29, 0.717) is 13.2 Å². The maximum Gasteiger partial charge on any atom is 0.231 e. The van der Waals surface area contributed by atoms with Crippen LogP contribution in [0.4, 0.5) is 4.39 Å². The van der Waals surface area contributed by atoms with Crippen molar-refractivity contribution in [3.8, 4) is 5.75 Å². The summed E-state index contributed by atoms with van der Waals surface area (Å²) in [5.41, 5.74) is -0.466. The first-order chi connectivity index (χ1) is 11.1. The summed E-state index contributed by atoms with van der Waals surface area (Å²) in [6.07, 6.45) is 1.52. The van der Waals surface area contributed by atoms with Gasteiger partial charge < -0.3 is 19.7 Å². The fourth-order valence-electron chi connectivity index (χ4n) is 2.96. The number of ether oxygens (including phenoxy) is 2. The maximum atomic E-state index is 13.5. The molecule has 0 radical (unpaired) electrons. The molecule has 0 unspecified atom stereocenters. The Balaban J connectivity index is 0.00000288. The highest BCUT2D eigenvalue weighted by Gasteiger charge is 2.41. The Morgan fingerprint density at radius 3 is 2.62 bits per heavy atom. The fourth-order valence-corrected chi connectivity index (χ4v) is 2.96. The van der Waals surface area contributed by atoms with Crippen molar-refractivity contribution in [1.82, 2.24) is 10.2 Å². The van der Waals surface area contributed by atoms with Crippen molar-refractivity contribution in [3.05, 3.63) is 30.1 Å². The molecule has 0 spiro atoms. The number of carbonyl (C=O) groups excluding carboxylic acids is 1. The molecule has 0 bridgehead atoms. The molecule has 1 aliphatic heterocycles. The van der Waals surface area contributed by atoms with Crippen molar-refractivity contribution >= 4 is 18.3 Å². The number of halogens is 2. The number of para-hydroxylation sites is 1. The van der Waals surface area contributed by atoms with Crippen molar-refractivity contribution < 1.29 is 18.7 Å². The Bertz CT molecular complexity index is 519. The molecule has 5 nitrogen and oxygen atoms in total. The number of hydrogen-bond donors (Lipinski definition) is 1. The smallest absolute Gasteiger partial charge is 0.231 e. The van der Waals surface area contributed by atoms with Crippen LogP contribution in [0.15, 0.2) is 24.3 Å². The number of piperidine rings is 1. The normalized spacial score (nSPS) is 16.1. The average molecular weight is 361 g/mol. The Morgan fingerprint density at radius 1 is 1.33 bits per heavy atom. The summed E-state index contributed by atoms with van der Waals surface area (Å²) in [6.45, 7) is 2.71. The number of nitrogens with zero attached hydrogens (tertiary/aromatic N) is 1. The minimum Gasteiger partial charge on any atom is -0.489 e. The van der Waals surface area contributed by atoms with Crippen molar-refractivity contribution in [2.75, 3.05) is 47.0 Å². The van der Waals surface area contributed by atoms with Gasteiger partial charge in [0.25, 0.3) is 0 Å².